The highest BCUT2D eigenvalue weighted by molar-refractivity contribution is 6.05. The average Bonchev–Trinajstić information content (AvgIpc) is 2.92. The normalized spacial score (nSPS) is 10.7. The van der Waals surface area contributed by atoms with E-state index in [0.717, 1.165) is 29.7 Å². The quantitative estimate of drug-likeness (QED) is 0.201. The van der Waals surface area contributed by atoms with Gasteiger partial charge in [-0.25, -0.2) is 9.78 Å². The van der Waals surface area contributed by atoms with Crippen LogP contribution < -0.4 is 16.0 Å². The topological polar surface area (TPSA) is 110 Å². The molecule has 8 nitrogen and oxygen atoms in total. The van der Waals surface area contributed by atoms with E-state index in [1.165, 1.54) is 4.90 Å². The molecule has 190 valence electrons. The molecule has 37 heavy (non-hydrogen) atoms. The molecule has 0 fully saturated rings. The van der Waals surface area contributed by atoms with Gasteiger partial charge in [-0.05, 0) is 67.4 Å². The minimum absolute atomic E-state index is 0.103. The van der Waals surface area contributed by atoms with Crippen molar-refractivity contribution in [1.29, 1.82) is 0 Å². The highest BCUT2D eigenvalue weighted by Crippen LogP contribution is 2.16. The molecule has 1 heterocycles. The smallest absolute Gasteiger partial charge is 0.435 e. The van der Waals surface area contributed by atoms with Crippen LogP contribution >= 0.6 is 0 Å². The summed E-state index contributed by atoms with van der Waals surface area (Å²) >= 11 is 0. The van der Waals surface area contributed by atoms with Crippen LogP contribution in [0, 0.1) is 18.8 Å². The minimum atomic E-state index is -0.687. The molecule has 2 amide bonds. The van der Waals surface area contributed by atoms with Crippen LogP contribution in [0.2, 0.25) is 0 Å². The lowest BCUT2D eigenvalue weighted by atomic mass is 10.0. The molecule has 0 unspecified atom stereocenters. The number of rotatable bonds is 8. The number of carbonyl (C=O) groups is 2. The van der Waals surface area contributed by atoms with Crippen molar-refractivity contribution < 1.29 is 14.3 Å². The number of aliphatic imine (C=N–C) groups is 1. The van der Waals surface area contributed by atoms with Crippen LogP contribution in [-0.4, -0.2) is 43.0 Å². The zero-order valence-corrected chi connectivity index (χ0v) is 21.3. The molecule has 0 bridgehead atoms. The molecule has 0 saturated carbocycles. The molecule has 2 aromatic carbocycles. The van der Waals surface area contributed by atoms with E-state index in [1.807, 2.05) is 44.2 Å². The first kappa shape index (κ1) is 27.0. The van der Waals surface area contributed by atoms with Gasteiger partial charge in [0.2, 0.25) is 0 Å². The molecule has 3 N–H and O–H groups in total. The highest BCUT2D eigenvalue weighted by atomic mass is 16.5. The van der Waals surface area contributed by atoms with Crippen LogP contribution in [0.3, 0.4) is 0 Å². The summed E-state index contributed by atoms with van der Waals surface area (Å²) in [5.41, 5.74) is 9.68. The Morgan fingerprint density at radius 3 is 2.57 bits per heavy atom. The number of ether oxygens (including phenoxy) is 1. The number of benzene rings is 2. The fourth-order valence-electron chi connectivity index (χ4n) is 3.28. The first-order chi connectivity index (χ1) is 17.9. The SMILES string of the molecule is CCCCOC(=O)N=C(N)c1ccc(NCC#Cc2cc(C(=O)N(C)c3ccccn3)ccc2C)cc1. The van der Waals surface area contributed by atoms with Crippen molar-refractivity contribution in [3.8, 4) is 11.8 Å². The van der Waals surface area contributed by atoms with Crippen molar-refractivity contribution in [3.05, 3.63) is 89.1 Å². The summed E-state index contributed by atoms with van der Waals surface area (Å²) in [6, 6.07) is 18.1. The Hall–Kier alpha value is -4.64. The zero-order valence-electron chi connectivity index (χ0n) is 21.3. The van der Waals surface area contributed by atoms with Gasteiger partial charge >= 0.3 is 6.09 Å². The summed E-state index contributed by atoms with van der Waals surface area (Å²) in [6.07, 6.45) is 2.69. The number of aryl methyl sites for hydroxylation is 1. The van der Waals surface area contributed by atoms with Crippen molar-refractivity contribution in [3.63, 3.8) is 0 Å². The molecule has 3 aromatic rings. The Morgan fingerprint density at radius 1 is 1.11 bits per heavy atom. The van der Waals surface area contributed by atoms with Crippen molar-refractivity contribution in [2.45, 2.75) is 26.7 Å². The number of carbonyl (C=O) groups excluding carboxylic acids is 2. The lowest BCUT2D eigenvalue weighted by molar-refractivity contribution is 0.0992. The maximum absolute atomic E-state index is 12.9. The van der Waals surface area contributed by atoms with Crippen molar-refractivity contribution in [2.75, 3.05) is 30.4 Å². The number of nitrogens with zero attached hydrogens (tertiary/aromatic N) is 3. The third-order valence-corrected chi connectivity index (χ3v) is 5.50. The standard InChI is InChI=1S/C29H31N5O3/c1-4-5-19-37-29(36)33-27(30)22-13-15-25(16-14-22)31-18-8-9-23-20-24(12-11-21(23)2)28(35)34(3)26-10-6-7-17-32-26/h6-7,10-17,20,31H,4-5,18-19H2,1-3H3,(H2,30,33,36). The maximum atomic E-state index is 12.9. The van der Waals surface area contributed by atoms with Crippen molar-refractivity contribution in [1.82, 2.24) is 4.98 Å². The Morgan fingerprint density at radius 2 is 1.86 bits per heavy atom. The monoisotopic (exact) mass is 497 g/mol. The van der Waals surface area contributed by atoms with Crippen molar-refractivity contribution >= 4 is 29.3 Å². The number of hydrogen-bond acceptors (Lipinski definition) is 5. The molecule has 0 aliphatic heterocycles. The molecule has 1 aromatic heterocycles. The van der Waals surface area contributed by atoms with Crippen LogP contribution in [0.15, 0.2) is 71.9 Å². The zero-order chi connectivity index (χ0) is 26.6. The number of anilines is 2. The first-order valence-corrected chi connectivity index (χ1v) is 12.0. The highest BCUT2D eigenvalue weighted by Gasteiger charge is 2.15. The third kappa shape index (κ3) is 7.94. The Labute approximate surface area is 217 Å². The van der Waals surface area contributed by atoms with Gasteiger partial charge in [0.25, 0.3) is 5.91 Å². The molecular formula is C29H31N5O3. The lowest BCUT2D eigenvalue weighted by Gasteiger charge is -2.16. The lowest BCUT2D eigenvalue weighted by Crippen LogP contribution is -2.27. The van der Waals surface area contributed by atoms with Gasteiger partial charge < -0.3 is 15.8 Å². The van der Waals surface area contributed by atoms with E-state index in [4.69, 9.17) is 10.5 Å². The molecule has 8 heteroatoms. The number of aromatic nitrogens is 1. The third-order valence-electron chi connectivity index (χ3n) is 5.50. The predicted molar refractivity (Wildman–Crippen MR) is 147 cm³/mol. The second kappa shape index (κ2) is 13.4. The van der Waals surface area contributed by atoms with Crippen LogP contribution in [0.4, 0.5) is 16.3 Å². The van der Waals surface area contributed by atoms with Gasteiger partial charge in [-0.2, -0.15) is 4.99 Å². The number of hydrogen-bond donors (Lipinski definition) is 2. The Balaban J connectivity index is 1.59. The minimum Gasteiger partial charge on any atom is -0.448 e. The average molecular weight is 498 g/mol. The van der Waals surface area contributed by atoms with E-state index in [2.05, 4.69) is 27.1 Å². The second-order valence-electron chi connectivity index (χ2n) is 8.28. The fraction of sp³-hybridized carbons (Fsp3) is 0.241. The van der Waals surface area contributed by atoms with Crippen LogP contribution in [0.25, 0.3) is 0 Å². The van der Waals surface area contributed by atoms with E-state index < -0.39 is 6.09 Å². The number of amidine groups is 1. The fourth-order valence-corrected chi connectivity index (χ4v) is 3.28. The summed E-state index contributed by atoms with van der Waals surface area (Å²) in [5.74, 6) is 6.76. The molecule has 0 saturated heterocycles. The maximum Gasteiger partial charge on any atom is 0.435 e. The molecule has 0 radical (unpaired) electrons. The van der Waals surface area contributed by atoms with Gasteiger partial charge in [0.1, 0.15) is 11.7 Å². The number of nitrogens with two attached hydrogens (primary N) is 1. The van der Waals surface area contributed by atoms with E-state index in [9.17, 15) is 9.59 Å². The summed E-state index contributed by atoms with van der Waals surface area (Å²) in [6.45, 7) is 4.70. The summed E-state index contributed by atoms with van der Waals surface area (Å²) in [4.78, 5) is 34.1. The Kier molecular flexibility index (Phi) is 9.80. The van der Waals surface area contributed by atoms with Gasteiger partial charge in [-0.3, -0.25) is 9.69 Å². The first-order valence-electron chi connectivity index (χ1n) is 12.0. The van der Waals surface area contributed by atoms with E-state index >= 15 is 0 Å². The van der Waals surface area contributed by atoms with Gasteiger partial charge in [-0.1, -0.05) is 37.3 Å². The Bertz CT molecular complexity index is 1310. The second-order valence-corrected chi connectivity index (χ2v) is 8.28. The largest absolute Gasteiger partial charge is 0.448 e. The molecular weight excluding hydrogens is 466 g/mol. The van der Waals surface area contributed by atoms with Crippen LogP contribution in [-0.2, 0) is 4.74 Å². The summed E-state index contributed by atoms with van der Waals surface area (Å²) in [5, 5.41) is 3.22. The predicted octanol–water partition coefficient (Wildman–Crippen LogP) is 4.77. The van der Waals surface area contributed by atoms with Gasteiger partial charge in [0, 0.05) is 35.6 Å². The molecule has 0 atom stereocenters. The summed E-state index contributed by atoms with van der Waals surface area (Å²) < 4.78 is 5.00. The molecule has 0 aliphatic rings. The molecule has 3 rings (SSSR count). The van der Waals surface area contributed by atoms with Crippen LogP contribution in [0.1, 0.15) is 46.8 Å². The molecule has 0 aliphatic carbocycles. The van der Waals surface area contributed by atoms with Crippen molar-refractivity contribution in [2.24, 2.45) is 10.7 Å². The van der Waals surface area contributed by atoms with Gasteiger partial charge in [0.05, 0.1) is 13.2 Å². The van der Waals surface area contributed by atoms with Crippen LogP contribution in [0.5, 0.6) is 0 Å². The molecule has 0 spiro atoms. The van der Waals surface area contributed by atoms with Gasteiger partial charge in [0.15, 0.2) is 0 Å². The number of pyridine rings is 1. The van der Waals surface area contributed by atoms with E-state index in [0.29, 0.717) is 30.1 Å². The summed E-state index contributed by atoms with van der Waals surface area (Å²) in [7, 11) is 1.70. The van der Waals surface area contributed by atoms with Gasteiger partial charge in [-0.15, -0.1) is 0 Å². The number of unbranched alkanes of at least 4 members (excludes halogenated alkanes) is 1. The number of nitrogens with one attached hydrogen (secondary N) is 1. The number of amides is 2. The van der Waals surface area contributed by atoms with E-state index in [-0.39, 0.29) is 11.7 Å². The van der Waals surface area contributed by atoms with E-state index in [1.54, 1.807) is 43.6 Å².